The largest absolute Gasteiger partial charge is 0.495 e. The molecule has 3 heteroatoms. The number of aromatic amines is 1. The Morgan fingerprint density at radius 1 is 1.57 bits per heavy atom. The van der Waals surface area contributed by atoms with Crippen LogP contribution in [0.2, 0.25) is 0 Å². The Hall–Kier alpha value is -1.12. The van der Waals surface area contributed by atoms with E-state index in [1.165, 1.54) is 6.07 Å². The minimum atomic E-state index is 0.109. The molecule has 0 aliphatic heterocycles. The summed E-state index contributed by atoms with van der Waals surface area (Å²) in [6.45, 7) is 0. The van der Waals surface area contributed by atoms with Gasteiger partial charge in [0.2, 0.25) is 0 Å². The van der Waals surface area contributed by atoms with E-state index in [2.05, 4.69) is 4.98 Å². The van der Waals surface area contributed by atoms with Gasteiger partial charge in [-0.3, -0.25) is 0 Å². The summed E-state index contributed by atoms with van der Waals surface area (Å²) in [4.78, 5) is 2.47. The van der Waals surface area contributed by atoms with Crippen molar-refractivity contribution in [3.8, 4) is 5.88 Å². The maximum absolute atomic E-state index is 8.52. The second-order valence-electron chi connectivity index (χ2n) is 1.30. The third-order valence-corrected chi connectivity index (χ3v) is 0.693. The van der Waals surface area contributed by atoms with Crippen LogP contribution in [-0.2, 0) is 0 Å². The van der Waals surface area contributed by atoms with Crippen LogP contribution in [0.15, 0.2) is 12.1 Å². The van der Waals surface area contributed by atoms with E-state index in [1.54, 1.807) is 6.07 Å². The first-order valence-corrected chi connectivity index (χ1v) is 1.92. The van der Waals surface area contributed by atoms with E-state index in [0.717, 1.165) is 0 Å². The summed E-state index contributed by atoms with van der Waals surface area (Å²) in [6.07, 6.45) is 0. The van der Waals surface area contributed by atoms with E-state index < -0.39 is 0 Å². The molecular weight excluding hydrogens is 92.1 g/mol. The summed E-state index contributed by atoms with van der Waals surface area (Å²) in [6, 6.07) is 3.09. The molecule has 0 unspecified atom stereocenters. The third-order valence-electron chi connectivity index (χ3n) is 0.693. The Labute approximate surface area is 40.8 Å². The molecule has 0 aliphatic carbocycles. The van der Waals surface area contributed by atoms with E-state index in [4.69, 9.17) is 10.8 Å². The number of anilines is 1. The standard InChI is InChI=1S/C4H6N2O/c5-3-1-2-4(7)6-3/h1-2,6-7H,5H2. The Morgan fingerprint density at radius 3 is 2.43 bits per heavy atom. The molecule has 0 aromatic carbocycles. The van der Waals surface area contributed by atoms with E-state index in [-0.39, 0.29) is 5.88 Å². The zero-order valence-electron chi connectivity index (χ0n) is 3.68. The molecule has 1 heterocycles. The Balaban J connectivity index is 3.04. The minimum absolute atomic E-state index is 0.109. The summed E-state index contributed by atoms with van der Waals surface area (Å²) >= 11 is 0. The van der Waals surface area contributed by atoms with E-state index in [1.807, 2.05) is 0 Å². The lowest BCUT2D eigenvalue weighted by Crippen LogP contribution is -1.80. The van der Waals surface area contributed by atoms with E-state index in [9.17, 15) is 0 Å². The SMILES string of the molecule is Nc1ccc(O)[nH]1. The molecule has 1 rings (SSSR count). The summed E-state index contributed by atoms with van der Waals surface area (Å²) in [7, 11) is 0. The number of aromatic hydroxyl groups is 1. The number of rotatable bonds is 0. The molecule has 0 amide bonds. The van der Waals surface area contributed by atoms with Gasteiger partial charge in [0.15, 0.2) is 5.88 Å². The molecule has 0 spiro atoms. The lowest BCUT2D eigenvalue weighted by atomic mass is 10.6. The molecule has 0 saturated heterocycles. The van der Waals surface area contributed by atoms with Crippen molar-refractivity contribution in [1.29, 1.82) is 0 Å². The fraction of sp³-hybridized carbons (Fsp3) is 0. The van der Waals surface area contributed by atoms with Crippen molar-refractivity contribution < 1.29 is 5.11 Å². The van der Waals surface area contributed by atoms with E-state index >= 15 is 0 Å². The Morgan fingerprint density at radius 2 is 2.29 bits per heavy atom. The zero-order chi connectivity index (χ0) is 5.28. The second-order valence-corrected chi connectivity index (χ2v) is 1.30. The van der Waals surface area contributed by atoms with Crippen LogP contribution in [0.1, 0.15) is 0 Å². The van der Waals surface area contributed by atoms with Crippen molar-refractivity contribution in [3.63, 3.8) is 0 Å². The summed E-state index contributed by atoms with van der Waals surface area (Å²) in [5, 5.41) is 8.52. The highest BCUT2D eigenvalue weighted by molar-refractivity contribution is 5.33. The van der Waals surface area contributed by atoms with Crippen molar-refractivity contribution >= 4 is 5.82 Å². The van der Waals surface area contributed by atoms with Gasteiger partial charge >= 0.3 is 0 Å². The Bertz CT molecular complexity index is 142. The van der Waals surface area contributed by atoms with Gasteiger partial charge in [-0.15, -0.1) is 0 Å². The molecular formula is C4H6N2O. The molecule has 7 heavy (non-hydrogen) atoms. The van der Waals surface area contributed by atoms with Crippen molar-refractivity contribution in [2.45, 2.75) is 0 Å². The number of hydrogen-bond acceptors (Lipinski definition) is 2. The van der Waals surface area contributed by atoms with Crippen molar-refractivity contribution in [2.24, 2.45) is 0 Å². The Kier molecular flexibility index (Phi) is 0.685. The van der Waals surface area contributed by atoms with Crippen molar-refractivity contribution in [2.75, 3.05) is 5.73 Å². The smallest absolute Gasteiger partial charge is 0.189 e. The highest BCUT2D eigenvalue weighted by Gasteiger charge is 1.85. The predicted octanol–water partition coefficient (Wildman–Crippen LogP) is 0.303. The topological polar surface area (TPSA) is 62.0 Å². The molecule has 0 saturated carbocycles. The van der Waals surface area contributed by atoms with Crippen LogP contribution in [0.25, 0.3) is 0 Å². The van der Waals surface area contributed by atoms with Crippen LogP contribution >= 0.6 is 0 Å². The molecule has 0 aliphatic rings. The highest BCUT2D eigenvalue weighted by atomic mass is 16.3. The highest BCUT2D eigenvalue weighted by Crippen LogP contribution is 2.06. The number of aromatic nitrogens is 1. The molecule has 38 valence electrons. The summed E-state index contributed by atoms with van der Waals surface area (Å²) in [5.74, 6) is 0.593. The van der Waals surface area contributed by atoms with Crippen LogP contribution in [-0.4, -0.2) is 10.1 Å². The maximum Gasteiger partial charge on any atom is 0.189 e. The van der Waals surface area contributed by atoms with Crippen molar-refractivity contribution in [1.82, 2.24) is 4.98 Å². The molecule has 0 atom stereocenters. The lowest BCUT2D eigenvalue weighted by molar-refractivity contribution is 0.457. The van der Waals surface area contributed by atoms with Gasteiger partial charge in [0.25, 0.3) is 0 Å². The molecule has 1 aromatic heterocycles. The van der Waals surface area contributed by atoms with Crippen LogP contribution < -0.4 is 5.73 Å². The van der Waals surface area contributed by atoms with Crippen LogP contribution in [0.3, 0.4) is 0 Å². The summed E-state index contributed by atoms with van der Waals surface area (Å²) in [5.41, 5.74) is 5.16. The predicted molar refractivity (Wildman–Crippen MR) is 26.9 cm³/mol. The number of nitrogens with one attached hydrogen (secondary N) is 1. The lowest BCUT2D eigenvalue weighted by Gasteiger charge is -1.77. The molecule has 0 fully saturated rings. The van der Waals surface area contributed by atoms with Gasteiger partial charge in [0, 0.05) is 6.07 Å². The van der Waals surface area contributed by atoms with Gasteiger partial charge in [-0.25, -0.2) is 0 Å². The molecule has 0 bridgehead atoms. The molecule has 0 radical (unpaired) electrons. The summed E-state index contributed by atoms with van der Waals surface area (Å²) < 4.78 is 0. The number of hydrogen-bond donors (Lipinski definition) is 3. The first-order chi connectivity index (χ1) is 3.29. The van der Waals surface area contributed by atoms with Crippen LogP contribution in [0.5, 0.6) is 5.88 Å². The molecule has 4 N–H and O–H groups in total. The second kappa shape index (κ2) is 1.18. The van der Waals surface area contributed by atoms with Crippen LogP contribution in [0.4, 0.5) is 5.82 Å². The number of nitrogen functional groups attached to an aromatic ring is 1. The average Bonchev–Trinajstić information content (AvgIpc) is 1.87. The van der Waals surface area contributed by atoms with Gasteiger partial charge in [-0.2, -0.15) is 0 Å². The van der Waals surface area contributed by atoms with Gasteiger partial charge in [-0.05, 0) is 6.07 Å². The molecule has 1 aromatic rings. The average molecular weight is 98.1 g/mol. The third kappa shape index (κ3) is 0.652. The number of nitrogens with two attached hydrogens (primary N) is 1. The zero-order valence-corrected chi connectivity index (χ0v) is 3.68. The first-order valence-electron chi connectivity index (χ1n) is 1.92. The van der Waals surface area contributed by atoms with Gasteiger partial charge in [-0.1, -0.05) is 0 Å². The van der Waals surface area contributed by atoms with E-state index in [0.29, 0.717) is 5.82 Å². The first kappa shape index (κ1) is 4.05. The normalized spacial score (nSPS) is 9.14. The minimum Gasteiger partial charge on any atom is -0.495 e. The van der Waals surface area contributed by atoms with Crippen molar-refractivity contribution in [3.05, 3.63) is 12.1 Å². The maximum atomic E-state index is 8.52. The fourth-order valence-electron chi connectivity index (χ4n) is 0.400. The molecule has 3 nitrogen and oxygen atoms in total. The quantitative estimate of drug-likeness (QED) is 0.437. The van der Waals surface area contributed by atoms with Gasteiger partial charge < -0.3 is 15.8 Å². The number of H-pyrrole nitrogens is 1. The van der Waals surface area contributed by atoms with Crippen LogP contribution in [0, 0.1) is 0 Å². The fourth-order valence-corrected chi connectivity index (χ4v) is 0.400. The monoisotopic (exact) mass is 98.0 g/mol. The van der Waals surface area contributed by atoms with Gasteiger partial charge in [0.05, 0.1) is 0 Å². The van der Waals surface area contributed by atoms with Gasteiger partial charge in [0.1, 0.15) is 5.82 Å².